The second kappa shape index (κ2) is 5.91. The van der Waals surface area contributed by atoms with Crippen LogP contribution in [0.5, 0.6) is 0 Å². The summed E-state index contributed by atoms with van der Waals surface area (Å²) >= 11 is 4.86. The zero-order valence-electron chi connectivity index (χ0n) is 8.71. The van der Waals surface area contributed by atoms with Gasteiger partial charge >= 0.3 is 0 Å². The average molecular weight is 241 g/mol. The Morgan fingerprint density at radius 2 is 1.94 bits per heavy atom. The lowest BCUT2D eigenvalue weighted by atomic mass is 9.97. The van der Waals surface area contributed by atoms with E-state index in [2.05, 4.69) is 0 Å². The molecule has 0 amide bonds. The van der Waals surface area contributed by atoms with Gasteiger partial charge in [-0.25, -0.2) is 0 Å². The predicted octanol–water partition coefficient (Wildman–Crippen LogP) is 0.0975. The third-order valence-corrected chi connectivity index (χ3v) is 2.55. The fraction of sp³-hybridized carbons (Fsp3) is 0.364. The average Bonchev–Trinajstić information content (AvgIpc) is 2.28. The maximum Gasteiger partial charge on any atom is 0.106 e. The molecule has 5 heteroatoms. The van der Waals surface area contributed by atoms with Crippen LogP contribution in [0.4, 0.5) is 0 Å². The van der Waals surface area contributed by atoms with Crippen molar-refractivity contribution < 1.29 is 15.3 Å². The van der Waals surface area contributed by atoms with Gasteiger partial charge in [0.15, 0.2) is 0 Å². The fourth-order valence-electron chi connectivity index (χ4n) is 1.48. The highest BCUT2D eigenvalue weighted by Gasteiger charge is 2.20. The lowest BCUT2D eigenvalue weighted by Crippen LogP contribution is -2.23. The molecule has 0 aliphatic rings. The first-order valence-electron chi connectivity index (χ1n) is 4.93. The molecular weight excluding hydrogens is 226 g/mol. The van der Waals surface area contributed by atoms with Crippen molar-refractivity contribution >= 4 is 17.2 Å². The highest BCUT2D eigenvalue weighted by molar-refractivity contribution is 7.80. The number of rotatable bonds is 5. The van der Waals surface area contributed by atoms with E-state index in [-0.39, 0.29) is 18.0 Å². The Hall–Kier alpha value is -1.01. The molecule has 1 aromatic rings. The molecular formula is C11H15NO3S. The van der Waals surface area contributed by atoms with Crippen LogP contribution in [0.1, 0.15) is 23.7 Å². The summed E-state index contributed by atoms with van der Waals surface area (Å²) in [6, 6.07) is 6.82. The minimum atomic E-state index is -1.09. The zero-order valence-corrected chi connectivity index (χ0v) is 9.52. The van der Waals surface area contributed by atoms with Crippen LogP contribution in [0.2, 0.25) is 0 Å². The van der Waals surface area contributed by atoms with E-state index in [0.29, 0.717) is 11.1 Å². The number of nitrogens with two attached hydrogens (primary N) is 1. The number of hydrogen-bond acceptors (Lipinski definition) is 4. The van der Waals surface area contributed by atoms with E-state index in [9.17, 15) is 10.2 Å². The van der Waals surface area contributed by atoms with E-state index < -0.39 is 12.2 Å². The molecule has 4 nitrogen and oxygen atoms in total. The Labute approximate surface area is 99.3 Å². The molecule has 1 aromatic carbocycles. The maximum absolute atomic E-state index is 9.87. The molecule has 0 fully saturated rings. The highest BCUT2D eigenvalue weighted by atomic mass is 32.1. The summed E-state index contributed by atoms with van der Waals surface area (Å²) in [5.41, 5.74) is 6.54. The van der Waals surface area contributed by atoms with Gasteiger partial charge in [-0.3, -0.25) is 0 Å². The quantitative estimate of drug-likeness (QED) is 0.549. The normalized spacial score (nSPS) is 14.4. The topological polar surface area (TPSA) is 86.7 Å². The predicted molar refractivity (Wildman–Crippen MR) is 65.0 cm³/mol. The maximum atomic E-state index is 9.87. The SMILES string of the molecule is NC(=S)c1ccccc1C(O)C(O)CCO. The lowest BCUT2D eigenvalue weighted by molar-refractivity contribution is 0.00414. The van der Waals surface area contributed by atoms with E-state index in [1.807, 2.05) is 0 Å². The third-order valence-electron chi connectivity index (χ3n) is 2.33. The van der Waals surface area contributed by atoms with Crippen LogP contribution in [0.25, 0.3) is 0 Å². The van der Waals surface area contributed by atoms with Gasteiger partial charge in [-0.05, 0) is 12.0 Å². The van der Waals surface area contributed by atoms with Crippen LogP contribution in [-0.2, 0) is 0 Å². The Morgan fingerprint density at radius 3 is 2.50 bits per heavy atom. The van der Waals surface area contributed by atoms with Crippen LogP contribution in [0.15, 0.2) is 24.3 Å². The van der Waals surface area contributed by atoms with Crippen molar-refractivity contribution in [2.45, 2.75) is 18.6 Å². The van der Waals surface area contributed by atoms with Gasteiger partial charge in [0.25, 0.3) is 0 Å². The van der Waals surface area contributed by atoms with E-state index >= 15 is 0 Å². The molecule has 5 N–H and O–H groups in total. The van der Waals surface area contributed by atoms with Crippen molar-refractivity contribution in [2.24, 2.45) is 5.73 Å². The number of benzene rings is 1. The molecule has 0 heterocycles. The summed E-state index contributed by atoms with van der Waals surface area (Å²) in [5.74, 6) is 0. The van der Waals surface area contributed by atoms with Crippen LogP contribution < -0.4 is 5.73 Å². The van der Waals surface area contributed by atoms with Crippen molar-refractivity contribution in [1.82, 2.24) is 0 Å². The highest BCUT2D eigenvalue weighted by Crippen LogP contribution is 2.22. The third kappa shape index (κ3) is 2.99. The summed E-state index contributed by atoms with van der Waals surface area (Å²) < 4.78 is 0. The monoisotopic (exact) mass is 241 g/mol. The van der Waals surface area contributed by atoms with Crippen molar-refractivity contribution in [3.05, 3.63) is 35.4 Å². The number of aliphatic hydroxyl groups excluding tert-OH is 3. The summed E-state index contributed by atoms with van der Waals surface area (Å²) in [4.78, 5) is 0.172. The first-order chi connectivity index (χ1) is 7.57. The van der Waals surface area contributed by atoms with E-state index in [0.717, 1.165) is 0 Å². The smallest absolute Gasteiger partial charge is 0.106 e. The largest absolute Gasteiger partial charge is 0.396 e. The molecule has 0 bridgehead atoms. The van der Waals surface area contributed by atoms with E-state index in [4.69, 9.17) is 23.1 Å². The van der Waals surface area contributed by atoms with Gasteiger partial charge in [-0.1, -0.05) is 36.5 Å². The molecule has 88 valence electrons. The summed E-state index contributed by atoms with van der Waals surface area (Å²) in [5, 5.41) is 28.1. The number of aliphatic hydroxyl groups is 3. The second-order valence-corrected chi connectivity index (χ2v) is 3.92. The molecule has 0 aliphatic carbocycles. The van der Waals surface area contributed by atoms with Gasteiger partial charge < -0.3 is 21.1 Å². The first kappa shape index (κ1) is 13.1. The van der Waals surface area contributed by atoms with Crippen LogP contribution in [0, 0.1) is 0 Å². The molecule has 2 unspecified atom stereocenters. The van der Waals surface area contributed by atoms with Crippen LogP contribution in [-0.4, -0.2) is 33.0 Å². The molecule has 0 spiro atoms. The van der Waals surface area contributed by atoms with E-state index in [1.165, 1.54) is 0 Å². The minimum absolute atomic E-state index is 0.104. The Balaban J connectivity index is 2.98. The van der Waals surface area contributed by atoms with Crippen LogP contribution in [0.3, 0.4) is 0 Å². The molecule has 2 atom stereocenters. The molecule has 1 rings (SSSR count). The molecule has 0 aliphatic heterocycles. The standard InChI is InChI=1S/C11H15NO3S/c12-11(16)8-4-2-1-3-7(8)10(15)9(14)5-6-13/h1-4,9-10,13-15H,5-6H2,(H2,12,16). The molecule has 16 heavy (non-hydrogen) atoms. The minimum Gasteiger partial charge on any atom is -0.396 e. The van der Waals surface area contributed by atoms with Crippen molar-refractivity contribution in [3.8, 4) is 0 Å². The van der Waals surface area contributed by atoms with Gasteiger partial charge in [-0.15, -0.1) is 0 Å². The zero-order chi connectivity index (χ0) is 12.1. The summed E-state index contributed by atoms with van der Waals surface area (Å²) in [6.45, 7) is -0.187. The van der Waals surface area contributed by atoms with Crippen molar-refractivity contribution in [1.29, 1.82) is 0 Å². The lowest BCUT2D eigenvalue weighted by Gasteiger charge is -2.19. The molecule has 0 radical (unpaired) electrons. The van der Waals surface area contributed by atoms with Crippen LogP contribution >= 0.6 is 12.2 Å². The number of thiocarbonyl (C=S) groups is 1. The van der Waals surface area contributed by atoms with Gasteiger partial charge in [0.2, 0.25) is 0 Å². The van der Waals surface area contributed by atoms with Crippen molar-refractivity contribution in [3.63, 3.8) is 0 Å². The molecule has 0 saturated carbocycles. The summed E-state index contributed by atoms with van der Waals surface area (Å²) in [7, 11) is 0. The van der Waals surface area contributed by atoms with Gasteiger partial charge in [0.05, 0.1) is 6.10 Å². The van der Waals surface area contributed by atoms with Crippen molar-refractivity contribution in [2.75, 3.05) is 6.61 Å². The van der Waals surface area contributed by atoms with Gasteiger partial charge in [0, 0.05) is 12.2 Å². The first-order valence-corrected chi connectivity index (χ1v) is 5.34. The fourth-order valence-corrected chi connectivity index (χ4v) is 1.66. The molecule has 0 aromatic heterocycles. The Kier molecular flexibility index (Phi) is 4.82. The summed E-state index contributed by atoms with van der Waals surface area (Å²) in [6.07, 6.45) is -2.02. The van der Waals surface area contributed by atoms with Gasteiger partial charge in [-0.2, -0.15) is 0 Å². The Morgan fingerprint density at radius 1 is 1.31 bits per heavy atom. The second-order valence-electron chi connectivity index (χ2n) is 3.48. The van der Waals surface area contributed by atoms with Gasteiger partial charge in [0.1, 0.15) is 11.1 Å². The molecule has 0 saturated heterocycles. The Bertz CT molecular complexity index is 370. The van der Waals surface area contributed by atoms with E-state index in [1.54, 1.807) is 24.3 Å². The number of hydrogen-bond donors (Lipinski definition) is 4.